The molecule has 1 aromatic rings. The topological polar surface area (TPSA) is 54.4 Å². The summed E-state index contributed by atoms with van der Waals surface area (Å²) >= 11 is 5.49. The monoisotopic (exact) mass is 397 g/mol. The van der Waals surface area contributed by atoms with Gasteiger partial charge >= 0.3 is 0 Å². The van der Waals surface area contributed by atoms with Crippen LogP contribution in [0.25, 0.3) is 0 Å². The van der Waals surface area contributed by atoms with Crippen LogP contribution in [-0.2, 0) is 10.1 Å². The van der Waals surface area contributed by atoms with Gasteiger partial charge in [0.25, 0.3) is 10.1 Å². The maximum atomic E-state index is 10.5. The van der Waals surface area contributed by atoms with Crippen LogP contribution >= 0.6 is 11.6 Å². The van der Waals surface area contributed by atoms with E-state index in [4.69, 9.17) is 16.2 Å². The predicted molar refractivity (Wildman–Crippen MR) is 47.0 cm³/mol. The van der Waals surface area contributed by atoms with E-state index in [-0.39, 0.29) is 32.2 Å². The Morgan fingerprint density at radius 1 is 1.17 bits per heavy atom. The molecule has 0 spiro atoms. The molecular formula is C6H5ClO3STl. The van der Waals surface area contributed by atoms with E-state index < -0.39 is 10.1 Å². The summed E-state index contributed by atoms with van der Waals surface area (Å²) in [5.41, 5.74) is 0. The van der Waals surface area contributed by atoms with Gasteiger partial charge in [-0.15, -0.1) is 0 Å². The fraction of sp³-hybridized carbons (Fsp3) is 0. The molecule has 0 aliphatic rings. The van der Waals surface area contributed by atoms with Gasteiger partial charge in [0, 0.05) is 32.3 Å². The van der Waals surface area contributed by atoms with Crippen molar-refractivity contribution in [3.63, 3.8) is 0 Å². The van der Waals surface area contributed by atoms with Crippen molar-refractivity contribution in [2.24, 2.45) is 0 Å². The van der Waals surface area contributed by atoms with Crippen LogP contribution in [0.15, 0.2) is 29.2 Å². The van der Waals surface area contributed by atoms with Crippen molar-refractivity contribution in [1.29, 1.82) is 0 Å². The molecule has 0 fully saturated rings. The second-order valence-corrected chi connectivity index (χ2v) is 3.79. The van der Waals surface area contributed by atoms with Crippen molar-refractivity contribution < 1.29 is 13.0 Å². The van der Waals surface area contributed by atoms with Gasteiger partial charge in [0.2, 0.25) is 0 Å². The molecule has 1 aromatic carbocycles. The summed E-state index contributed by atoms with van der Waals surface area (Å²) in [6, 6.07) is 5.25. The molecule has 1 N–H and O–H groups in total. The molecule has 3 nitrogen and oxygen atoms in total. The Morgan fingerprint density at radius 2 is 1.58 bits per heavy atom. The molecule has 6 heteroatoms. The minimum atomic E-state index is -4.08. The first-order chi connectivity index (χ1) is 5.00. The van der Waals surface area contributed by atoms with Gasteiger partial charge in [-0.25, -0.2) is 0 Å². The van der Waals surface area contributed by atoms with Crippen molar-refractivity contribution in [3.8, 4) is 0 Å². The normalized spacial score (nSPS) is 10.5. The summed E-state index contributed by atoms with van der Waals surface area (Å²) in [5.74, 6) is 0. The fourth-order valence-electron chi connectivity index (χ4n) is 0.607. The second kappa shape index (κ2) is 4.54. The summed E-state index contributed by atoms with van der Waals surface area (Å²) in [5, 5.41) is 0.428. The van der Waals surface area contributed by atoms with E-state index in [1.165, 1.54) is 24.3 Å². The Kier molecular flexibility index (Phi) is 4.67. The Labute approximate surface area is 95.6 Å². The van der Waals surface area contributed by atoms with Gasteiger partial charge < -0.3 is 0 Å². The molecule has 1 radical (unpaired) electrons. The molecule has 0 unspecified atom stereocenters. The Hall–Kier alpha value is 0.342. The molecule has 12 heavy (non-hydrogen) atoms. The van der Waals surface area contributed by atoms with Crippen LogP contribution in [0.1, 0.15) is 0 Å². The summed E-state index contributed by atoms with van der Waals surface area (Å²) in [4.78, 5) is -0.151. The number of hydrogen-bond donors (Lipinski definition) is 1. The van der Waals surface area contributed by atoms with E-state index in [0.717, 1.165) is 0 Å². The molecule has 0 atom stereocenters. The number of hydrogen-bond acceptors (Lipinski definition) is 2. The smallest absolute Gasteiger partial charge is 0.282 e. The maximum Gasteiger partial charge on any atom is 0.294 e. The molecule has 0 amide bonds. The van der Waals surface area contributed by atoms with Gasteiger partial charge in [-0.1, -0.05) is 11.6 Å². The molecule has 0 aliphatic carbocycles. The number of halogens is 1. The Morgan fingerprint density at radius 3 is 1.92 bits per heavy atom. The SMILES string of the molecule is O=S(=O)(O)c1ccc(Cl)cc1.[Tl]. The van der Waals surface area contributed by atoms with Crippen molar-refractivity contribution in [1.82, 2.24) is 0 Å². The molecule has 0 heterocycles. The fourth-order valence-corrected chi connectivity index (χ4v) is 1.21. The van der Waals surface area contributed by atoms with Gasteiger partial charge in [-0.05, 0) is 24.3 Å². The average molecular weight is 397 g/mol. The first-order valence-electron chi connectivity index (χ1n) is 2.73. The minimum absolute atomic E-state index is 0. The van der Waals surface area contributed by atoms with Crippen LogP contribution < -0.4 is 0 Å². The molecule has 0 bridgehead atoms. The zero-order valence-electron chi connectivity index (χ0n) is 5.94. The third-order valence-corrected chi connectivity index (χ3v) is 2.23. The van der Waals surface area contributed by atoms with E-state index >= 15 is 0 Å². The third kappa shape index (κ3) is 3.38. The van der Waals surface area contributed by atoms with E-state index in [9.17, 15) is 8.42 Å². The standard InChI is InChI=1S/C6H5ClO3S.Tl/c7-5-1-3-6(4-2-5)11(8,9)10;/h1-4H,(H,8,9,10);. The van der Waals surface area contributed by atoms with Crippen LogP contribution in [0.4, 0.5) is 0 Å². The molecule has 0 aromatic heterocycles. The summed E-state index contributed by atoms with van der Waals surface area (Å²) < 4.78 is 29.4. The van der Waals surface area contributed by atoms with Gasteiger partial charge in [0.15, 0.2) is 0 Å². The van der Waals surface area contributed by atoms with Crippen molar-refractivity contribution in [2.45, 2.75) is 4.90 Å². The van der Waals surface area contributed by atoms with Gasteiger partial charge in [-0.3, -0.25) is 4.55 Å². The van der Waals surface area contributed by atoms with E-state index in [1.807, 2.05) is 0 Å². The molecule has 0 saturated heterocycles. The number of rotatable bonds is 1. The molecule has 0 saturated carbocycles. The van der Waals surface area contributed by atoms with Crippen molar-refractivity contribution in [3.05, 3.63) is 29.3 Å². The van der Waals surface area contributed by atoms with E-state index in [2.05, 4.69) is 0 Å². The third-order valence-electron chi connectivity index (χ3n) is 1.11. The van der Waals surface area contributed by atoms with Crippen molar-refractivity contribution in [2.75, 3.05) is 0 Å². The maximum absolute atomic E-state index is 10.5. The largest absolute Gasteiger partial charge is 0.294 e. The summed E-state index contributed by atoms with van der Waals surface area (Å²) in [6.45, 7) is 0. The molecule has 1 rings (SSSR count). The predicted octanol–water partition coefficient (Wildman–Crippen LogP) is 1.21. The van der Waals surface area contributed by atoms with Crippen molar-refractivity contribution >= 4 is 49.0 Å². The minimum Gasteiger partial charge on any atom is -0.282 e. The van der Waals surface area contributed by atoms with Gasteiger partial charge in [0.1, 0.15) is 0 Å². The van der Waals surface area contributed by atoms with Crippen LogP contribution in [0, 0.1) is 0 Å². The van der Waals surface area contributed by atoms with Gasteiger partial charge in [-0.2, -0.15) is 8.42 Å². The van der Waals surface area contributed by atoms with E-state index in [0.29, 0.717) is 5.02 Å². The second-order valence-electron chi connectivity index (χ2n) is 1.93. The van der Waals surface area contributed by atoms with Gasteiger partial charge in [0.05, 0.1) is 4.90 Å². The number of benzene rings is 1. The first kappa shape index (κ1) is 12.3. The average Bonchev–Trinajstić information content (AvgIpc) is 1.86. The zero-order valence-corrected chi connectivity index (χ0v) is 12.0. The van der Waals surface area contributed by atoms with Crippen LogP contribution in [0.3, 0.4) is 0 Å². The van der Waals surface area contributed by atoms with E-state index in [1.54, 1.807) is 0 Å². The Balaban J connectivity index is 0.00000121. The van der Waals surface area contributed by atoms with Crippen LogP contribution in [-0.4, -0.2) is 40.3 Å². The molecule has 0 aliphatic heterocycles. The summed E-state index contributed by atoms with van der Waals surface area (Å²) in [7, 11) is -4.08. The Bertz CT molecular complexity index is 346. The molecule has 63 valence electrons. The summed E-state index contributed by atoms with van der Waals surface area (Å²) in [6.07, 6.45) is 0. The van der Waals surface area contributed by atoms with Crippen LogP contribution in [0.5, 0.6) is 0 Å². The first-order valence-corrected chi connectivity index (χ1v) is 4.55. The zero-order chi connectivity index (χ0) is 8.48. The quantitative estimate of drug-likeness (QED) is 0.573. The van der Waals surface area contributed by atoms with Crippen LogP contribution in [0.2, 0.25) is 5.02 Å². The molecular weight excluding hydrogens is 392 g/mol.